The van der Waals surface area contributed by atoms with Crippen molar-refractivity contribution in [1.29, 1.82) is 0 Å². The first-order chi connectivity index (χ1) is 10.7. The molecule has 0 saturated carbocycles. The molecule has 2 fully saturated rings. The number of nitrogens with one attached hydrogen (secondary N) is 1. The lowest BCUT2D eigenvalue weighted by Crippen LogP contribution is -2.41. The first-order valence-electron chi connectivity index (χ1n) is 8.29. The van der Waals surface area contributed by atoms with Crippen molar-refractivity contribution >= 4 is 17.3 Å². The molecule has 1 aromatic heterocycles. The molecule has 3 heterocycles. The zero-order valence-corrected chi connectivity index (χ0v) is 14.4. The zero-order valence-electron chi connectivity index (χ0n) is 13.6. The molecule has 0 radical (unpaired) electrons. The number of hydrogen-bond donors (Lipinski definition) is 1. The van der Waals surface area contributed by atoms with Crippen molar-refractivity contribution < 1.29 is 4.74 Å². The molecule has 1 aromatic rings. The highest BCUT2D eigenvalue weighted by atomic mass is 32.1. The van der Waals surface area contributed by atoms with Gasteiger partial charge in [-0.25, -0.2) is 9.98 Å². The van der Waals surface area contributed by atoms with E-state index in [4.69, 9.17) is 9.73 Å². The molecular formula is C16H26N4OS. The second-order valence-electron chi connectivity index (χ2n) is 6.23. The van der Waals surface area contributed by atoms with Gasteiger partial charge in [0.1, 0.15) is 0 Å². The molecular weight excluding hydrogens is 296 g/mol. The van der Waals surface area contributed by atoms with Crippen LogP contribution in [0.5, 0.6) is 0 Å². The van der Waals surface area contributed by atoms with Crippen molar-refractivity contribution in [2.45, 2.75) is 39.7 Å². The molecule has 0 amide bonds. The Kier molecular flexibility index (Phi) is 4.98. The Morgan fingerprint density at radius 1 is 1.50 bits per heavy atom. The van der Waals surface area contributed by atoms with E-state index < -0.39 is 0 Å². The molecule has 122 valence electrons. The summed E-state index contributed by atoms with van der Waals surface area (Å²) in [5, 5.41) is 6.75. The van der Waals surface area contributed by atoms with Crippen LogP contribution in [0.2, 0.25) is 0 Å². The predicted molar refractivity (Wildman–Crippen MR) is 90.4 cm³/mol. The summed E-state index contributed by atoms with van der Waals surface area (Å²) < 4.78 is 5.62. The summed E-state index contributed by atoms with van der Waals surface area (Å²) in [5.41, 5.74) is 1.45. The molecule has 2 saturated heterocycles. The number of nitrogens with zero attached hydrogens (tertiary/aromatic N) is 3. The second-order valence-corrected chi connectivity index (χ2v) is 7.17. The van der Waals surface area contributed by atoms with Gasteiger partial charge < -0.3 is 15.0 Å². The van der Waals surface area contributed by atoms with Crippen LogP contribution in [-0.2, 0) is 17.7 Å². The van der Waals surface area contributed by atoms with Gasteiger partial charge in [0.05, 0.1) is 23.9 Å². The van der Waals surface area contributed by atoms with E-state index in [0.29, 0.717) is 12.0 Å². The molecule has 0 aliphatic carbocycles. The van der Waals surface area contributed by atoms with Crippen LogP contribution in [0.3, 0.4) is 0 Å². The highest BCUT2D eigenvalue weighted by Gasteiger charge is 2.42. The number of likely N-dealkylation sites (tertiary alicyclic amines) is 1. The molecule has 22 heavy (non-hydrogen) atoms. The third-order valence-electron chi connectivity index (χ3n) is 4.55. The number of rotatable bonds is 4. The quantitative estimate of drug-likeness (QED) is 0.682. The van der Waals surface area contributed by atoms with Crippen LogP contribution in [0.15, 0.2) is 10.4 Å². The van der Waals surface area contributed by atoms with E-state index in [1.165, 1.54) is 17.8 Å². The fourth-order valence-electron chi connectivity index (χ4n) is 3.25. The molecule has 1 unspecified atom stereocenters. The van der Waals surface area contributed by atoms with Crippen LogP contribution in [-0.4, -0.2) is 48.7 Å². The maximum Gasteiger partial charge on any atom is 0.194 e. The normalized spacial score (nSPS) is 25.4. The van der Waals surface area contributed by atoms with Crippen LogP contribution in [0.1, 0.15) is 37.4 Å². The number of hydrogen-bond acceptors (Lipinski definition) is 4. The van der Waals surface area contributed by atoms with Crippen LogP contribution >= 0.6 is 11.3 Å². The minimum atomic E-state index is 0.367. The van der Waals surface area contributed by atoms with E-state index >= 15 is 0 Å². The lowest BCUT2D eigenvalue weighted by Gasteiger charge is -2.24. The topological polar surface area (TPSA) is 49.8 Å². The van der Waals surface area contributed by atoms with Crippen molar-refractivity contribution in [2.75, 3.05) is 32.8 Å². The molecule has 0 aromatic carbocycles. The van der Waals surface area contributed by atoms with Gasteiger partial charge >= 0.3 is 0 Å². The largest absolute Gasteiger partial charge is 0.381 e. The Labute approximate surface area is 136 Å². The van der Waals surface area contributed by atoms with E-state index in [0.717, 1.165) is 50.9 Å². The van der Waals surface area contributed by atoms with Gasteiger partial charge in [0, 0.05) is 37.0 Å². The minimum absolute atomic E-state index is 0.367. The van der Waals surface area contributed by atoms with Gasteiger partial charge in [0.15, 0.2) is 5.96 Å². The summed E-state index contributed by atoms with van der Waals surface area (Å²) in [4.78, 5) is 11.8. The second kappa shape index (κ2) is 6.96. The van der Waals surface area contributed by atoms with Crippen molar-refractivity contribution in [3.63, 3.8) is 0 Å². The Bertz CT molecular complexity index is 522. The third kappa shape index (κ3) is 3.43. The highest BCUT2D eigenvalue weighted by molar-refractivity contribution is 7.09. The average Bonchev–Trinajstić information content (AvgIpc) is 3.26. The molecule has 6 heteroatoms. The van der Waals surface area contributed by atoms with Crippen molar-refractivity contribution in [3.8, 4) is 0 Å². The summed E-state index contributed by atoms with van der Waals surface area (Å²) >= 11 is 1.73. The molecule has 1 N–H and O–H groups in total. The predicted octanol–water partition coefficient (Wildman–Crippen LogP) is 2.28. The van der Waals surface area contributed by atoms with Crippen molar-refractivity contribution in [1.82, 2.24) is 15.2 Å². The number of thiazole rings is 1. The number of aliphatic imine (C=N–C) groups is 1. The number of aromatic nitrogens is 1. The third-order valence-corrected chi connectivity index (χ3v) is 5.59. The van der Waals surface area contributed by atoms with Crippen molar-refractivity contribution in [2.24, 2.45) is 10.4 Å². The monoisotopic (exact) mass is 322 g/mol. The number of guanidine groups is 1. The lowest BCUT2D eigenvalue weighted by molar-refractivity contribution is 0.156. The molecule has 0 bridgehead atoms. The van der Waals surface area contributed by atoms with Crippen LogP contribution in [0, 0.1) is 5.41 Å². The first-order valence-corrected chi connectivity index (χ1v) is 9.17. The fourth-order valence-corrected chi connectivity index (χ4v) is 3.99. The van der Waals surface area contributed by atoms with Gasteiger partial charge in [-0.05, 0) is 26.2 Å². The average molecular weight is 322 g/mol. The zero-order chi connectivity index (χ0) is 15.4. The van der Waals surface area contributed by atoms with Crippen LogP contribution < -0.4 is 5.32 Å². The highest BCUT2D eigenvalue weighted by Crippen LogP contribution is 2.38. The maximum absolute atomic E-state index is 5.62. The fraction of sp³-hybridized carbons (Fsp3) is 0.750. The summed E-state index contributed by atoms with van der Waals surface area (Å²) in [6, 6.07) is 0. The Morgan fingerprint density at radius 3 is 3.09 bits per heavy atom. The first kappa shape index (κ1) is 15.7. The van der Waals surface area contributed by atoms with Crippen molar-refractivity contribution in [3.05, 3.63) is 16.1 Å². The summed E-state index contributed by atoms with van der Waals surface area (Å²) in [5.74, 6) is 1.03. The smallest absolute Gasteiger partial charge is 0.194 e. The van der Waals surface area contributed by atoms with Gasteiger partial charge in [0.25, 0.3) is 0 Å². The Hall–Kier alpha value is -1.14. The van der Waals surface area contributed by atoms with Gasteiger partial charge in [-0.15, -0.1) is 11.3 Å². The van der Waals surface area contributed by atoms with E-state index in [-0.39, 0.29) is 0 Å². The van der Waals surface area contributed by atoms with E-state index in [2.05, 4.69) is 34.4 Å². The molecule has 2 aliphatic rings. The number of aryl methyl sites for hydroxylation is 1. The van der Waals surface area contributed by atoms with Crippen LogP contribution in [0.4, 0.5) is 0 Å². The summed E-state index contributed by atoms with van der Waals surface area (Å²) in [6.07, 6.45) is 3.41. The maximum atomic E-state index is 5.62. The van der Waals surface area contributed by atoms with Gasteiger partial charge in [-0.1, -0.05) is 6.92 Å². The van der Waals surface area contributed by atoms with Gasteiger partial charge in [-0.2, -0.15) is 0 Å². The number of ether oxygens (including phenoxy) is 1. The summed E-state index contributed by atoms with van der Waals surface area (Å²) in [6.45, 7) is 9.80. The van der Waals surface area contributed by atoms with E-state index in [9.17, 15) is 0 Å². The molecule has 3 rings (SSSR count). The lowest BCUT2D eigenvalue weighted by atomic mass is 9.87. The molecule has 1 atom stereocenters. The van der Waals surface area contributed by atoms with E-state index in [1.807, 2.05) is 0 Å². The summed E-state index contributed by atoms with van der Waals surface area (Å²) in [7, 11) is 0. The SMILES string of the molecule is CCNC(=NCc1csc(CC)n1)N1CCC2(CCOC2)C1. The van der Waals surface area contributed by atoms with E-state index in [1.54, 1.807) is 11.3 Å². The van der Waals surface area contributed by atoms with Crippen LogP contribution in [0.25, 0.3) is 0 Å². The minimum Gasteiger partial charge on any atom is -0.381 e. The van der Waals surface area contributed by atoms with Gasteiger partial charge in [-0.3, -0.25) is 0 Å². The molecule has 5 nitrogen and oxygen atoms in total. The molecule has 1 spiro atoms. The Morgan fingerprint density at radius 2 is 2.41 bits per heavy atom. The molecule has 2 aliphatic heterocycles. The standard InChI is InChI=1S/C16H26N4OS/c1-3-14-19-13(10-22-14)9-18-15(17-4-2)20-7-5-16(11-20)6-8-21-12-16/h10H,3-9,11-12H2,1-2H3,(H,17,18). The Balaban J connectivity index is 1.65. The van der Waals surface area contributed by atoms with Gasteiger partial charge in [0.2, 0.25) is 0 Å².